The number of amides is 2. The molecular formula is C19H25N5O. The van der Waals surface area contributed by atoms with Crippen molar-refractivity contribution in [3.05, 3.63) is 48.3 Å². The van der Waals surface area contributed by atoms with Crippen molar-refractivity contribution in [1.82, 2.24) is 25.2 Å². The molecule has 4 rings (SSSR count). The summed E-state index contributed by atoms with van der Waals surface area (Å²) in [5.74, 6) is 0. The predicted molar refractivity (Wildman–Crippen MR) is 95.1 cm³/mol. The van der Waals surface area contributed by atoms with Crippen molar-refractivity contribution in [2.45, 2.75) is 56.7 Å². The second-order valence-corrected chi connectivity index (χ2v) is 7.12. The van der Waals surface area contributed by atoms with Crippen LogP contribution in [0.25, 0.3) is 0 Å². The molecule has 6 heteroatoms. The largest absolute Gasteiger partial charge is 0.338 e. The zero-order valence-corrected chi connectivity index (χ0v) is 14.4. The topological polar surface area (TPSA) is 63.1 Å². The highest BCUT2D eigenvalue weighted by Gasteiger charge is 2.43. The van der Waals surface area contributed by atoms with E-state index >= 15 is 0 Å². The Kier molecular flexibility index (Phi) is 4.68. The normalized spacial score (nSPS) is 25.1. The zero-order chi connectivity index (χ0) is 17.1. The summed E-state index contributed by atoms with van der Waals surface area (Å²) in [5.41, 5.74) is 1.32. The first-order chi connectivity index (χ1) is 12.3. The molecule has 2 aliphatic rings. The second kappa shape index (κ2) is 7.25. The Morgan fingerprint density at radius 3 is 2.56 bits per heavy atom. The van der Waals surface area contributed by atoms with Crippen LogP contribution in [0.2, 0.25) is 0 Å². The fourth-order valence-electron chi connectivity index (χ4n) is 4.33. The molecule has 3 heterocycles. The number of rotatable bonds is 5. The third-order valence-electron chi connectivity index (χ3n) is 5.52. The maximum absolute atomic E-state index is 12.6. The molecule has 0 saturated carbocycles. The summed E-state index contributed by atoms with van der Waals surface area (Å²) < 4.78 is 1.96. The maximum atomic E-state index is 12.6. The summed E-state index contributed by atoms with van der Waals surface area (Å²) in [6, 6.07) is 11.6. The van der Waals surface area contributed by atoms with Gasteiger partial charge in [-0.25, -0.2) is 9.48 Å². The van der Waals surface area contributed by atoms with Gasteiger partial charge in [0.15, 0.2) is 0 Å². The first-order valence-electron chi connectivity index (χ1n) is 9.27. The van der Waals surface area contributed by atoms with Gasteiger partial charge in [0.1, 0.15) is 0 Å². The number of urea groups is 1. The Morgan fingerprint density at radius 2 is 1.88 bits per heavy atom. The van der Waals surface area contributed by atoms with Crippen LogP contribution < -0.4 is 5.32 Å². The average Bonchev–Trinajstić information content (AvgIpc) is 3.26. The van der Waals surface area contributed by atoms with Crippen molar-refractivity contribution < 1.29 is 4.79 Å². The van der Waals surface area contributed by atoms with Crippen molar-refractivity contribution in [3.63, 3.8) is 0 Å². The summed E-state index contributed by atoms with van der Waals surface area (Å²) in [4.78, 5) is 14.7. The molecular weight excluding hydrogens is 314 g/mol. The van der Waals surface area contributed by atoms with E-state index in [1.54, 1.807) is 6.20 Å². The van der Waals surface area contributed by atoms with E-state index in [0.29, 0.717) is 18.1 Å². The standard InChI is InChI=1S/C19H25N5O/c25-19(20-10-4-7-15-5-2-1-3-6-15)24-16-8-9-17(24)14-18(13-16)23-12-11-21-22-23/h1-3,5-6,11-12,16-18H,4,7-10,13-14H2,(H,20,25). The SMILES string of the molecule is O=C(NCCCc1ccccc1)N1C2CCC1CC(n1ccnn1)C2. The molecule has 2 amide bonds. The Labute approximate surface area is 148 Å². The van der Waals surface area contributed by atoms with Gasteiger partial charge >= 0.3 is 6.03 Å². The highest BCUT2D eigenvalue weighted by Crippen LogP contribution is 2.40. The lowest BCUT2D eigenvalue weighted by Crippen LogP contribution is -2.51. The van der Waals surface area contributed by atoms with E-state index in [9.17, 15) is 4.79 Å². The van der Waals surface area contributed by atoms with Crippen LogP contribution in [-0.4, -0.2) is 44.6 Å². The molecule has 25 heavy (non-hydrogen) atoms. The smallest absolute Gasteiger partial charge is 0.317 e. The summed E-state index contributed by atoms with van der Waals surface area (Å²) >= 11 is 0. The highest BCUT2D eigenvalue weighted by atomic mass is 16.2. The molecule has 2 aromatic rings. The van der Waals surface area contributed by atoms with Crippen molar-refractivity contribution in [2.24, 2.45) is 0 Å². The molecule has 0 radical (unpaired) electrons. The molecule has 2 aliphatic heterocycles. The number of aromatic nitrogens is 3. The van der Waals surface area contributed by atoms with Crippen LogP contribution >= 0.6 is 0 Å². The van der Waals surface area contributed by atoms with E-state index in [4.69, 9.17) is 0 Å². The lowest BCUT2D eigenvalue weighted by molar-refractivity contribution is 0.119. The fourth-order valence-corrected chi connectivity index (χ4v) is 4.33. The molecule has 1 aromatic heterocycles. The van der Waals surface area contributed by atoms with Gasteiger partial charge in [-0.1, -0.05) is 35.5 Å². The summed E-state index contributed by atoms with van der Waals surface area (Å²) in [7, 11) is 0. The van der Waals surface area contributed by atoms with Crippen LogP contribution in [0.1, 0.15) is 43.7 Å². The molecule has 2 unspecified atom stereocenters. The Hall–Kier alpha value is -2.37. The number of carbonyl (C=O) groups excluding carboxylic acids is 1. The number of nitrogens with one attached hydrogen (secondary N) is 1. The van der Waals surface area contributed by atoms with Gasteiger partial charge in [0.25, 0.3) is 0 Å². The van der Waals surface area contributed by atoms with Crippen molar-refractivity contribution >= 4 is 6.03 Å². The van der Waals surface area contributed by atoms with Gasteiger partial charge in [-0.15, -0.1) is 5.10 Å². The van der Waals surface area contributed by atoms with Gasteiger partial charge in [0.2, 0.25) is 0 Å². The highest BCUT2D eigenvalue weighted by molar-refractivity contribution is 5.75. The van der Waals surface area contributed by atoms with E-state index in [2.05, 4.69) is 44.8 Å². The summed E-state index contributed by atoms with van der Waals surface area (Å²) in [6.45, 7) is 0.732. The molecule has 1 N–H and O–H groups in total. The lowest BCUT2D eigenvalue weighted by atomic mass is 9.98. The van der Waals surface area contributed by atoms with E-state index in [1.165, 1.54) is 5.56 Å². The molecule has 132 valence electrons. The predicted octanol–water partition coefficient (Wildman–Crippen LogP) is 2.79. The van der Waals surface area contributed by atoms with Crippen molar-refractivity contribution in [2.75, 3.05) is 6.54 Å². The number of hydrogen-bond donors (Lipinski definition) is 1. The van der Waals surface area contributed by atoms with Gasteiger partial charge in [0, 0.05) is 24.8 Å². The van der Waals surface area contributed by atoms with Gasteiger partial charge in [-0.3, -0.25) is 0 Å². The fraction of sp³-hybridized carbons (Fsp3) is 0.526. The van der Waals surface area contributed by atoms with Crippen molar-refractivity contribution in [1.29, 1.82) is 0 Å². The Morgan fingerprint density at radius 1 is 1.12 bits per heavy atom. The Balaban J connectivity index is 1.27. The number of fused-ring (bicyclic) bond motifs is 2. The van der Waals surface area contributed by atoms with Crippen LogP contribution in [0.15, 0.2) is 42.7 Å². The first-order valence-corrected chi connectivity index (χ1v) is 9.27. The number of carbonyl (C=O) groups is 1. The number of aryl methyl sites for hydroxylation is 1. The minimum atomic E-state index is 0.109. The molecule has 6 nitrogen and oxygen atoms in total. The molecule has 1 aromatic carbocycles. The number of benzene rings is 1. The first kappa shape index (κ1) is 16.1. The monoisotopic (exact) mass is 339 g/mol. The summed E-state index contributed by atoms with van der Waals surface area (Å²) in [5, 5.41) is 11.2. The molecule has 2 saturated heterocycles. The van der Waals surface area contributed by atoms with E-state index in [-0.39, 0.29) is 6.03 Å². The molecule has 2 atom stereocenters. The Bertz CT molecular complexity index is 673. The number of piperidine rings is 1. The number of hydrogen-bond acceptors (Lipinski definition) is 3. The van der Waals surface area contributed by atoms with Crippen molar-refractivity contribution in [3.8, 4) is 0 Å². The van der Waals surface area contributed by atoms with Crippen LogP contribution in [0, 0.1) is 0 Å². The van der Waals surface area contributed by atoms with Crippen LogP contribution in [0.3, 0.4) is 0 Å². The van der Waals surface area contributed by atoms with Crippen LogP contribution in [0.5, 0.6) is 0 Å². The maximum Gasteiger partial charge on any atom is 0.317 e. The van der Waals surface area contributed by atoms with Gasteiger partial charge in [-0.05, 0) is 44.1 Å². The third kappa shape index (κ3) is 3.52. The minimum Gasteiger partial charge on any atom is -0.338 e. The van der Waals surface area contributed by atoms with E-state index < -0.39 is 0 Å². The quantitative estimate of drug-likeness (QED) is 0.852. The van der Waals surface area contributed by atoms with Crippen LogP contribution in [-0.2, 0) is 6.42 Å². The molecule has 0 aliphatic carbocycles. The summed E-state index contributed by atoms with van der Waals surface area (Å²) in [6.07, 6.45) is 9.81. The molecule has 2 bridgehead atoms. The lowest BCUT2D eigenvalue weighted by Gasteiger charge is -2.38. The second-order valence-electron chi connectivity index (χ2n) is 7.12. The van der Waals surface area contributed by atoms with Gasteiger partial charge in [0.05, 0.1) is 12.2 Å². The van der Waals surface area contributed by atoms with Gasteiger partial charge < -0.3 is 10.2 Å². The zero-order valence-electron chi connectivity index (χ0n) is 14.4. The third-order valence-corrected chi connectivity index (χ3v) is 5.52. The van der Waals surface area contributed by atoms with Gasteiger partial charge in [-0.2, -0.15) is 0 Å². The van der Waals surface area contributed by atoms with E-state index in [0.717, 1.165) is 45.1 Å². The average molecular weight is 339 g/mol. The number of nitrogens with zero attached hydrogens (tertiary/aromatic N) is 4. The molecule has 2 fully saturated rings. The van der Waals surface area contributed by atoms with E-state index in [1.807, 2.05) is 16.9 Å². The molecule has 0 spiro atoms. The minimum absolute atomic E-state index is 0.109. The van der Waals surface area contributed by atoms with Crippen LogP contribution in [0.4, 0.5) is 4.79 Å².